The van der Waals surface area contributed by atoms with E-state index in [0.717, 1.165) is 22.7 Å². The largest absolute Gasteiger partial charge is 0.497 e. The van der Waals surface area contributed by atoms with Crippen molar-refractivity contribution in [3.8, 4) is 11.5 Å². The number of hydrogen-bond acceptors (Lipinski definition) is 4. The van der Waals surface area contributed by atoms with Crippen molar-refractivity contribution >= 4 is 5.69 Å². The Bertz CT molecular complexity index is 326. The molecule has 0 aliphatic carbocycles. The van der Waals surface area contributed by atoms with Crippen LogP contribution in [0, 0.1) is 6.92 Å². The zero-order valence-electron chi connectivity index (χ0n) is 9.59. The Balaban J connectivity index is 3.01. The smallest absolute Gasteiger partial charge is 0.145 e. The van der Waals surface area contributed by atoms with Gasteiger partial charge in [0.25, 0.3) is 0 Å². The van der Waals surface area contributed by atoms with Gasteiger partial charge < -0.3 is 19.5 Å². The fourth-order valence-corrected chi connectivity index (χ4v) is 1.37. The van der Waals surface area contributed by atoms with E-state index in [2.05, 4.69) is 5.32 Å². The summed E-state index contributed by atoms with van der Waals surface area (Å²) in [4.78, 5) is 0. The molecule has 0 aliphatic heterocycles. The molecule has 0 aromatic heterocycles. The second-order valence-electron chi connectivity index (χ2n) is 3.13. The van der Waals surface area contributed by atoms with Gasteiger partial charge >= 0.3 is 0 Å². The van der Waals surface area contributed by atoms with E-state index >= 15 is 0 Å². The van der Waals surface area contributed by atoms with Gasteiger partial charge in [-0.2, -0.15) is 0 Å². The summed E-state index contributed by atoms with van der Waals surface area (Å²) < 4.78 is 15.4. The summed E-state index contributed by atoms with van der Waals surface area (Å²) in [5.74, 6) is 1.54. The summed E-state index contributed by atoms with van der Waals surface area (Å²) in [5.41, 5.74) is 1.99. The van der Waals surface area contributed by atoms with Gasteiger partial charge in [0.1, 0.15) is 18.2 Å². The zero-order valence-corrected chi connectivity index (χ0v) is 9.59. The summed E-state index contributed by atoms with van der Waals surface area (Å²) in [6, 6.07) is 3.78. The molecule has 15 heavy (non-hydrogen) atoms. The van der Waals surface area contributed by atoms with Gasteiger partial charge in [-0.25, -0.2) is 0 Å². The van der Waals surface area contributed by atoms with Crippen LogP contribution in [0.1, 0.15) is 5.56 Å². The molecule has 84 valence electrons. The van der Waals surface area contributed by atoms with Crippen molar-refractivity contribution in [2.75, 3.05) is 33.4 Å². The number of rotatable bonds is 5. The summed E-state index contributed by atoms with van der Waals surface area (Å²) in [6.45, 7) is 2.44. The molecule has 0 radical (unpaired) electrons. The number of ether oxygens (including phenoxy) is 3. The molecule has 1 aromatic rings. The van der Waals surface area contributed by atoms with Crippen LogP contribution in [0.25, 0.3) is 0 Å². The van der Waals surface area contributed by atoms with Gasteiger partial charge in [-0.3, -0.25) is 0 Å². The van der Waals surface area contributed by atoms with Crippen LogP contribution < -0.4 is 14.8 Å². The highest BCUT2D eigenvalue weighted by molar-refractivity contribution is 5.64. The second-order valence-corrected chi connectivity index (χ2v) is 3.13. The highest BCUT2D eigenvalue weighted by Crippen LogP contribution is 2.32. The third kappa shape index (κ3) is 2.76. The maximum atomic E-state index is 5.27. The molecule has 1 aromatic carbocycles. The van der Waals surface area contributed by atoms with Crippen LogP contribution in [-0.2, 0) is 4.74 Å². The molecule has 4 nitrogen and oxygen atoms in total. The Labute approximate surface area is 90.1 Å². The van der Waals surface area contributed by atoms with Crippen LogP contribution >= 0.6 is 0 Å². The highest BCUT2D eigenvalue weighted by Gasteiger charge is 2.08. The SMILES string of the molecule is COCNc1c(C)cc(OC)cc1OC. The van der Waals surface area contributed by atoms with E-state index in [0.29, 0.717) is 6.73 Å². The van der Waals surface area contributed by atoms with Gasteiger partial charge in [0, 0.05) is 13.2 Å². The Kier molecular flexibility index (Phi) is 4.24. The van der Waals surface area contributed by atoms with E-state index in [9.17, 15) is 0 Å². The third-order valence-corrected chi connectivity index (χ3v) is 2.12. The fraction of sp³-hybridized carbons (Fsp3) is 0.455. The monoisotopic (exact) mass is 211 g/mol. The molecule has 0 saturated carbocycles. The third-order valence-electron chi connectivity index (χ3n) is 2.12. The van der Waals surface area contributed by atoms with Gasteiger partial charge in [0.05, 0.1) is 19.9 Å². The van der Waals surface area contributed by atoms with Crippen LogP contribution in [0.15, 0.2) is 12.1 Å². The first-order valence-corrected chi connectivity index (χ1v) is 4.68. The maximum Gasteiger partial charge on any atom is 0.145 e. The normalized spacial score (nSPS) is 9.87. The summed E-state index contributed by atoms with van der Waals surface area (Å²) in [5, 5.41) is 3.13. The van der Waals surface area contributed by atoms with Crippen molar-refractivity contribution in [1.29, 1.82) is 0 Å². The molecule has 0 heterocycles. The Morgan fingerprint density at radius 2 is 1.87 bits per heavy atom. The van der Waals surface area contributed by atoms with E-state index in [1.165, 1.54) is 0 Å². The van der Waals surface area contributed by atoms with E-state index in [-0.39, 0.29) is 0 Å². The van der Waals surface area contributed by atoms with Crippen LogP contribution in [0.5, 0.6) is 11.5 Å². The van der Waals surface area contributed by atoms with Gasteiger partial charge in [0.15, 0.2) is 0 Å². The van der Waals surface area contributed by atoms with Crippen LogP contribution in [-0.4, -0.2) is 28.1 Å². The molecule has 0 fully saturated rings. The number of methoxy groups -OCH3 is 3. The van der Waals surface area contributed by atoms with Crippen molar-refractivity contribution in [1.82, 2.24) is 0 Å². The Hall–Kier alpha value is -1.42. The molecule has 0 atom stereocenters. The molecule has 0 bridgehead atoms. The van der Waals surface area contributed by atoms with Gasteiger partial charge in [-0.15, -0.1) is 0 Å². The molecule has 0 aliphatic rings. The van der Waals surface area contributed by atoms with E-state index in [4.69, 9.17) is 14.2 Å². The van der Waals surface area contributed by atoms with Crippen LogP contribution in [0.3, 0.4) is 0 Å². The van der Waals surface area contributed by atoms with Crippen molar-refractivity contribution in [2.24, 2.45) is 0 Å². The lowest BCUT2D eigenvalue weighted by atomic mass is 10.1. The predicted molar refractivity (Wildman–Crippen MR) is 59.8 cm³/mol. The van der Waals surface area contributed by atoms with Crippen molar-refractivity contribution in [3.63, 3.8) is 0 Å². The van der Waals surface area contributed by atoms with E-state index < -0.39 is 0 Å². The minimum Gasteiger partial charge on any atom is -0.497 e. The minimum absolute atomic E-state index is 0.448. The fourth-order valence-electron chi connectivity index (χ4n) is 1.37. The Morgan fingerprint density at radius 1 is 1.13 bits per heavy atom. The first kappa shape index (κ1) is 11.7. The average molecular weight is 211 g/mol. The van der Waals surface area contributed by atoms with Crippen molar-refractivity contribution in [3.05, 3.63) is 17.7 Å². The molecule has 0 unspecified atom stereocenters. The topological polar surface area (TPSA) is 39.7 Å². The number of nitrogens with one attached hydrogen (secondary N) is 1. The predicted octanol–water partition coefficient (Wildman–Crippen LogP) is 2.03. The van der Waals surface area contributed by atoms with Crippen molar-refractivity contribution in [2.45, 2.75) is 6.92 Å². The first-order valence-electron chi connectivity index (χ1n) is 4.68. The minimum atomic E-state index is 0.448. The number of benzene rings is 1. The lowest BCUT2D eigenvalue weighted by Gasteiger charge is -2.14. The van der Waals surface area contributed by atoms with E-state index in [1.807, 2.05) is 19.1 Å². The van der Waals surface area contributed by atoms with Gasteiger partial charge in [0.2, 0.25) is 0 Å². The highest BCUT2D eigenvalue weighted by atomic mass is 16.5. The maximum absolute atomic E-state index is 5.27. The standard InChI is InChI=1S/C11H17NO3/c1-8-5-9(14-3)6-10(15-4)11(8)12-7-13-2/h5-6,12H,7H2,1-4H3. The van der Waals surface area contributed by atoms with Crippen molar-refractivity contribution < 1.29 is 14.2 Å². The molecule has 0 amide bonds. The average Bonchev–Trinajstić information content (AvgIpc) is 2.26. The second kappa shape index (κ2) is 5.46. The lowest BCUT2D eigenvalue weighted by Crippen LogP contribution is -2.06. The van der Waals surface area contributed by atoms with Gasteiger partial charge in [-0.1, -0.05) is 0 Å². The van der Waals surface area contributed by atoms with Crippen LogP contribution in [0.2, 0.25) is 0 Å². The molecule has 1 rings (SSSR count). The molecular formula is C11H17NO3. The Morgan fingerprint density at radius 3 is 2.40 bits per heavy atom. The summed E-state index contributed by atoms with van der Waals surface area (Å²) in [7, 11) is 4.90. The quantitative estimate of drug-likeness (QED) is 0.756. The molecular weight excluding hydrogens is 194 g/mol. The summed E-state index contributed by atoms with van der Waals surface area (Å²) in [6.07, 6.45) is 0. The zero-order chi connectivity index (χ0) is 11.3. The summed E-state index contributed by atoms with van der Waals surface area (Å²) >= 11 is 0. The molecule has 0 saturated heterocycles. The lowest BCUT2D eigenvalue weighted by molar-refractivity contribution is 0.220. The number of anilines is 1. The number of hydrogen-bond donors (Lipinski definition) is 1. The van der Waals surface area contributed by atoms with E-state index in [1.54, 1.807) is 21.3 Å². The molecule has 4 heteroatoms. The van der Waals surface area contributed by atoms with Gasteiger partial charge in [-0.05, 0) is 18.6 Å². The van der Waals surface area contributed by atoms with Crippen LogP contribution in [0.4, 0.5) is 5.69 Å². The molecule has 1 N–H and O–H groups in total. The molecule has 0 spiro atoms. The number of aryl methyl sites for hydroxylation is 1. The first-order chi connectivity index (χ1) is 7.22.